The quantitative estimate of drug-likeness (QED) is 0.731. The molecular weight excluding hydrogens is 326 g/mol. The van der Waals surface area contributed by atoms with Crippen LogP contribution < -0.4 is 5.32 Å². The molecule has 3 aromatic heterocycles. The second kappa shape index (κ2) is 8.05. The smallest absolute Gasteiger partial charge is 0.132 e. The Labute approximate surface area is 153 Å². The zero-order valence-electron chi connectivity index (χ0n) is 14.8. The summed E-state index contributed by atoms with van der Waals surface area (Å²) in [5.74, 6) is 0.971. The van der Waals surface area contributed by atoms with Crippen LogP contribution >= 0.6 is 0 Å². The van der Waals surface area contributed by atoms with Crippen LogP contribution in [0.3, 0.4) is 0 Å². The Bertz CT molecular complexity index is 817. The predicted octanol–water partition coefficient (Wildman–Crippen LogP) is 1.78. The van der Waals surface area contributed by atoms with Crippen molar-refractivity contribution >= 4 is 5.82 Å². The number of anilines is 1. The minimum Gasteiger partial charge on any atom is -0.368 e. The molecule has 0 bridgehead atoms. The number of aromatic nitrogens is 5. The number of pyridine rings is 1. The van der Waals surface area contributed by atoms with Crippen LogP contribution in [-0.4, -0.2) is 49.0 Å². The van der Waals surface area contributed by atoms with Gasteiger partial charge in [-0.1, -0.05) is 6.07 Å². The van der Waals surface area contributed by atoms with Crippen LogP contribution in [0.1, 0.15) is 16.8 Å². The predicted molar refractivity (Wildman–Crippen MR) is 99.7 cm³/mol. The molecule has 1 aliphatic rings. The van der Waals surface area contributed by atoms with Gasteiger partial charge in [-0.05, 0) is 18.1 Å². The summed E-state index contributed by atoms with van der Waals surface area (Å²) in [4.78, 5) is 19.8. The van der Waals surface area contributed by atoms with E-state index in [1.54, 1.807) is 12.5 Å². The third kappa shape index (κ3) is 4.05. The fourth-order valence-electron chi connectivity index (χ4n) is 3.36. The first kappa shape index (κ1) is 16.7. The third-order valence-corrected chi connectivity index (χ3v) is 4.73. The fraction of sp³-hybridized carbons (Fsp3) is 0.368. The van der Waals surface area contributed by atoms with Crippen molar-refractivity contribution in [2.24, 2.45) is 0 Å². The molecule has 7 nitrogen and oxygen atoms in total. The molecule has 4 rings (SSSR count). The fourth-order valence-corrected chi connectivity index (χ4v) is 3.36. The summed E-state index contributed by atoms with van der Waals surface area (Å²) in [6, 6.07) is 4.13. The van der Waals surface area contributed by atoms with Gasteiger partial charge in [0.1, 0.15) is 12.1 Å². The molecule has 7 heteroatoms. The molecule has 0 spiro atoms. The third-order valence-electron chi connectivity index (χ3n) is 4.73. The molecule has 26 heavy (non-hydrogen) atoms. The highest BCUT2D eigenvalue weighted by Crippen LogP contribution is 2.21. The Kier molecular flexibility index (Phi) is 5.16. The maximum Gasteiger partial charge on any atom is 0.132 e. The number of nitrogens with zero attached hydrogens (tertiary/aromatic N) is 6. The number of rotatable bonds is 6. The number of nitrogens with one attached hydrogen (secondary N) is 1. The second-order valence-corrected chi connectivity index (χ2v) is 6.51. The molecule has 1 N–H and O–H groups in total. The summed E-state index contributed by atoms with van der Waals surface area (Å²) in [5.41, 5.74) is 3.67. The number of hydrogen-bond donors (Lipinski definition) is 1. The molecule has 3 aromatic rings. The minimum absolute atomic E-state index is 0.819. The molecule has 0 unspecified atom stereocenters. The number of imidazole rings is 1. The Morgan fingerprint density at radius 3 is 2.88 bits per heavy atom. The summed E-state index contributed by atoms with van der Waals surface area (Å²) >= 11 is 0. The first-order chi connectivity index (χ1) is 12.9. The van der Waals surface area contributed by atoms with Gasteiger partial charge in [0.05, 0.1) is 12.0 Å². The summed E-state index contributed by atoms with van der Waals surface area (Å²) in [7, 11) is 0. The standard InChI is InChI=1S/C19H23N7/c1-2-16(12-20-5-1)13-25-8-3-17-18(4-9-25)23-14-24-19(17)22-7-11-26-10-6-21-15-26/h1-2,5-6,10,12,14-15H,3-4,7-9,11,13H2,(H,22,23,24). The van der Waals surface area contributed by atoms with E-state index in [-0.39, 0.29) is 0 Å². The van der Waals surface area contributed by atoms with Crippen molar-refractivity contribution in [3.8, 4) is 0 Å². The van der Waals surface area contributed by atoms with E-state index >= 15 is 0 Å². The van der Waals surface area contributed by atoms with Crippen LogP contribution in [0.5, 0.6) is 0 Å². The lowest BCUT2D eigenvalue weighted by Gasteiger charge is -2.19. The van der Waals surface area contributed by atoms with Gasteiger partial charge < -0.3 is 9.88 Å². The first-order valence-electron chi connectivity index (χ1n) is 9.02. The zero-order chi connectivity index (χ0) is 17.6. The number of hydrogen-bond acceptors (Lipinski definition) is 6. The summed E-state index contributed by atoms with van der Waals surface area (Å²) < 4.78 is 2.06. The largest absolute Gasteiger partial charge is 0.368 e. The van der Waals surface area contributed by atoms with E-state index in [1.165, 1.54) is 16.8 Å². The van der Waals surface area contributed by atoms with Crippen LogP contribution in [0.25, 0.3) is 0 Å². The van der Waals surface area contributed by atoms with E-state index in [2.05, 4.69) is 40.8 Å². The normalized spacial score (nSPS) is 14.6. The van der Waals surface area contributed by atoms with E-state index in [1.807, 2.05) is 31.0 Å². The maximum atomic E-state index is 4.53. The molecule has 0 amide bonds. The van der Waals surface area contributed by atoms with Gasteiger partial charge in [-0.25, -0.2) is 15.0 Å². The Hall–Kier alpha value is -2.80. The van der Waals surface area contributed by atoms with Crippen molar-refractivity contribution in [3.05, 3.63) is 66.4 Å². The van der Waals surface area contributed by atoms with E-state index in [0.29, 0.717) is 0 Å². The van der Waals surface area contributed by atoms with Crippen LogP contribution in [0.4, 0.5) is 5.82 Å². The molecular formula is C19H23N7. The van der Waals surface area contributed by atoms with Crippen molar-refractivity contribution in [1.29, 1.82) is 0 Å². The number of fused-ring (bicyclic) bond motifs is 1. The maximum absolute atomic E-state index is 4.53. The van der Waals surface area contributed by atoms with Crippen molar-refractivity contribution in [2.75, 3.05) is 25.0 Å². The van der Waals surface area contributed by atoms with E-state index in [9.17, 15) is 0 Å². The molecule has 0 radical (unpaired) electrons. The van der Waals surface area contributed by atoms with Gasteiger partial charge in [0.2, 0.25) is 0 Å². The van der Waals surface area contributed by atoms with Gasteiger partial charge in [-0.3, -0.25) is 9.88 Å². The van der Waals surface area contributed by atoms with E-state index in [0.717, 1.165) is 51.4 Å². The van der Waals surface area contributed by atoms with Crippen molar-refractivity contribution in [1.82, 2.24) is 29.4 Å². The Morgan fingerprint density at radius 2 is 2.04 bits per heavy atom. The van der Waals surface area contributed by atoms with Gasteiger partial charge in [0.25, 0.3) is 0 Å². The molecule has 0 aliphatic carbocycles. The SMILES string of the molecule is c1cncc(CN2CCc3ncnc(NCCn4ccnc4)c3CC2)c1. The van der Waals surface area contributed by atoms with Crippen LogP contribution in [-0.2, 0) is 25.9 Å². The van der Waals surface area contributed by atoms with Gasteiger partial charge in [0, 0.05) is 69.5 Å². The lowest BCUT2D eigenvalue weighted by molar-refractivity contribution is 0.278. The van der Waals surface area contributed by atoms with Crippen molar-refractivity contribution < 1.29 is 0 Å². The second-order valence-electron chi connectivity index (χ2n) is 6.51. The molecule has 0 fully saturated rings. The summed E-state index contributed by atoms with van der Waals surface area (Å²) in [5, 5.41) is 3.48. The molecule has 4 heterocycles. The summed E-state index contributed by atoms with van der Waals surface area (Å²) in [6.07, 6.45) is 13.0. The zero-order valence-corrected chi connectivity index (χ0v) is 14.8. The molecule has 0 aromatic carbocycles. The van der Waals surface area contributed by atoms with Gasteiger partial charge in [0.15, 0.2) is 0 Å². The minimum atomic E-state index is 0.819. The van der Waals surface area contributed by atoms with Gasteiger partial charge in [-0.15, -0.1) is 0 Å². The molecule has 0 saturated carbocycles. The average Bonchev–Trinajstić information content (AvgIpc) is 3.10. The summed E-state index contributed by atoms with van der Waals surface area (Å²) in [6.45, 7) is 4.63. The van der Waals surface area contributed by atoms with E-state index in [4.69, 9.17) is 0 Å². The topological polar surface area (TPSA) is 71.8 Å². The van der Waals surface area contributed by atoms with Crippen molar-refractivity contribution in [2.45, 2.75) is 25.9 Å². The monoisotopic (exact) mass is 349 g/mol. The lowest BCUT2D eigenvalue weighted by atomic mass is 10.1. The average molecular weight is 349 g/mol. The highest BCUT2D eigenvalue weighted by atomic mass is 15.1. The van der Waals surface area contributed by atoms with Crippen LogP contribution in [0.15, 0.2) is 49.6 Å². The molecule has 134 valence electrons. The van der Waals surface area contributed by atoms with Gasteiger partial charge in [-0.2, -0.15) is 0 Å². The lowest BCUT2D eigenvalue weighted by Crippen LogP contribution is -2.26. The molecule has 0 atom stereocenters. The van der Waals surface area contributed by atoms with E-state index < -0.39 is 0 Å². The van der Waals surface area contributed by atoms with Crippen LogP contribution in [0, 0.1) is 0 Å². The highest BCUT2D eigenvalue weighted by Gasteiger charge is 2.18. The van der Waals surface area contributed by atoms with Crippen molar-refractivity contribution in [3.63, 3.8) is 0 Å². The van der Waals surface area contributed by atoms with Crippen LogP contribution in [0.2, 0.25) is 0 Å². The Balaban J connectivity index is 1.39. The first-order valence-corrected chi connectivity index (χ1v) is 9.02. The Morgan fingerprint density at radius 1 is 1.08 bits per heavy atom. The molecule has 0 saturated heterocycles. The molecule has 1 aliphatic heterocycles. The highest BCUT2D eigenvalue weighted by molar-refractivity contribution is 5.46. The van der Waals surface area contributed by atoms with Gasteiger partial charge >= 0.3 is 0 Å².